The molecule has 1 aromatic carbocycles. The maximum absolute atomic E-state index is 11.7. The zero-order valence-corrected chi connectivity index (χ0v) is 9.84. The number of fused-ring (bicyclic) bond motifs is 1. The SMILES string of the molecule is O=c1ccnc2n1CCC=C2Nc1ccccc1. The summed E-state index contributed by atoms with van der Waals surface area (Å²) in [6.07, 6.45) is 4.47. The summed E-state index contributed by atoms with van der Waals surface area (Å²) in [4.78, 5) is 16.0. The summed E-state index contributed by atoms with van der Waals surface area (Å²) in [6, 6.07) is 11.4. The molecule has 0 radical (unpaired) electrons. The molecule has 0 atom stereocenters. The average Bonchev–Trinajstić information content (AvgIpc) is 2.41. The van der Waals surface area contributed by atoms with Crippen LogP contribution >= 0.6 is 0 Å². The highest BCUT2D eigenvalue weighted by atomic mass is 16.1. The normalized spacial score (nSPS) is 13.7. The van der Waals surface area contributed by atoms with Crippen LogP contribution in [-0.4, -0.2) is 9.55 Å². The van der Waals surface area contributed by atoms with Gasteiger partial charge in [0.25, 0.3) is 5.56 Å². The number of rotatable bonds is 2. The fourth-order valence-electron chi connectivity index (χ4n) is 2.08. The molecule has 1 aliphatic rings. The Hall–Kier alpha value is -2.36. The van der Waals surface area contributed by atoms with Crippen LogP contribution in [0.2, 0.25) is 0 Å². The van der Waals surface area contributed by atoms with Gasteiger partial charge in [0, 0.05) is 24.5 Å². The molecule has 0 saturated carbocycles. The summed E-state index contributed by atoms with van der Waals surface area (Å²) >= 11 is 0. The van der Waals surface area contributed by atoms with Gasteiger partial charge < -0.3 is 5.32 Å². The first-order valence-corrected chi connectivity index (χ1v) is 5.93. The lowest BCUT2D eigenvalue weighted by molar-refractivity contribution is 0.639. The van der Waals surface area contributed by atoms with Crippen molar-refractivity contribution in [2.45, 2.75) is 13.0 Å². The van der Waals surface area contributed by atoms with Gasteiger partial charge in [-0.15, -0.1) is 0 Å². The van der Waals surface area contributed by atoms with Crippen LogP contribution in [0, 0.1) is 0 Å². The second-order valence-corrected chi connectivity index (χ2v) is 4.16. The van der Waals surface area contributed by atoms with Crippen molar-refractivity contribution in [1.29, 1.82) is 0 Å². The van der Waals surface area contributed by atoms with E-state index in [2.05, 4.69) is 16.4 Å². The van der Waals surface area contributed by atoms with E-state index in [1.165, 1.54) is 6.07 Å². The Balaban J connectivity index is 1.98. The van der Waals surface area contributed by atoms with E-state index in [9.17, 15) is 4.79 Å². The third-order valence-electron chi connectivity index (χ3n) is 2.93. The van der Waals surface area contributed by atoms with Crippen LogP contribution in [0.3, 0.4) is 0 Å². The van der Waals surface area contributed by atoms with Crippen LogP contribution in [0.5, 0.6) is 0 Å². The van der Waals surface area contributed by atoms with E-state index in [0.29, 0.717) is 12.4 Å². The lowest BCUT2D eigenvalue weighted by Crippen LogP contribution is -2.27. The molecule has 3 rings (SSSR count). The van der Waals surface area contributed by atoms with Crippen LogP contribution in [0.4, 0.5) is 5.69 Å². The third kappa shape index (κ3) is 1.93. The van der Waals surface area contributed by atoms with Gasteiger partial charge in [0.1, 0.15) is 0 Å². The molecule has 90 valence electrons. The summed E-state index contributed by atoms with van der Waals surface area (Å²) in [5, 5.41) is 3.30. The largest absolute Gasteiger partial charge is 0.353 e. The van der Waals surface area contributed by atoms with Crippen molar-refractivity contribution in [3.63, 3.8) is 0 Å². The maximum Gasteiger partial charge on any atom is 0.253 e. The van der Waals surface area contributed by atoms with Gasteiger partial charge in [-0.3, -0.25) is 9.36 Å². The number of nitrogens with zero attached hydrogens (tertiary/aromatic N) is 2. The van der Waals surface area contributed by atoms with E-state index in [1.54, 1.807) is 10.8 Å². The highest BCUT2D eigenvalue weighted by Gasteiger charge is 2.14. The predicted octanol–water partition coefficient (Wildman–Crippen LogP) is 2.10. The molecule has 0 amide bonds. The Morgan fingerprint density at radius 1 is 1.17 bits per heavy atom. The quantitative estimate of drug-likeness (QED) is 0.873. The van der Waals surface area contributed by atoms with Crippen molar-refractivity contribution in [3.8, 4) is 0 Å². The predicted molar refractivity (Wildman–Crippen MR) is 71.2 cm³/mol. The smallest absolute Gasteiger partial charge is 0.253 e. The molecule has 4 heteroatoms. The fourth-order valence-corrected chi connectivity index (χ4v) is 2.08. The van der Waals surface area contributed by atoms with Gasteiger partial charge in [0.2, 0.25) is 0 Å². The van der Waals surface area contributed by atoms with Gasteiger partial charge in [-0.25, -0.2) is 4.98 Å². The van der Waals surface area contributed by atoms with Gasteiger partial charge >= 0.3 is 0 Å². The molecule has 18 heavy (non-hydrogen) atoms. The fraction of sp³-hybridized carbons (Fsp3) is 0.143. The summed E-state index contributed by atoms with van der Waals surface area (Å²) < 4.78 is 1.70. The van der Waals surface area contributed by atoms with Gasteiger partial charge in [0.05, 0.1) is 5.70 Å². The molecular weight excluding hydrogens is 226 g/mol. The van der Waals surface area contributed by atoms with E-state index in [0.717, 1.165) is 17.8 Å². The summed E-state index contributed by atoms with van der Waals surface area (Å²) in [5.41, 5.74) is 1.89. The number of aromatic nitrogens is 2. The zero-order chi connectivity index (χ0) is 12.4. The first-order valence-electron chi connectivity index (χ1n) is 5.93. The standard InChI is InChI=1S/C14H13N3O/c18-13-8-9-15-14-12(7-4-10-17(13)14)16-11-5-2-1-3-6-11/h1-3,5-9,16H,4,10H2. The van der Waals surface area contributed by atoms with Gasteiger partial charge in [0.15, 0.2) is 5.82 Å². The number of benzene rings is 1. The maximum atomic E-state index is 11.7. The lowest BCUT2D eigenvalue weighted by atomic mass is 10.2. The van der Waals surface area contributed by atoms with E-state index >= 15 is 0 Å². The van der Waals surface area contributed by atoms with Crippen molar-refractivity contribution < 1.29 is 0 Å². The minimum atomic E-state index is 0.000427. The Labute approximate surface area is 105 Å². The molecule has 0 saturated heterocycles. The zero-order valence-electron chi connectivity index (χ0n) is 9.84. The molecule has 0 aliphatic carbocycles. The second-order valence-electron chi connectivity index (χ2n) is 4.16. The Morgan fingerprint density at radius 3 is 2.83 bits per heavy atom. The molecule has 0 fully saturated rings. The van der Waals surface area contributed by atoms with Crippen molar-refractivity contribution in [3.05, 3.63) is 64.8 Å². The van der Waals surface area contributed by atoms with Crippen molar-refractivity contribution in [1.82, 2.24) is 9.55 Å². The van der Waals surface area contributed by atoms with Crippen molar-refractivity contribution in [2.75, 3.05) is 5.32 Å². The first kappa shape index (κ1) is 10.8. The number of hydrogen-bond acceptors (Lipinski definition) is 3. The average molecular weight is 239 g/mol. The molecule has 1 N–H and O–H groups in total. The van der Waals surface area contributed by atoms with E-state index in [4.69, 9.17) is 0 Å². The monoisotopic (exact) mass is 239 g/mol. The Kier molecular flexibility index (Phi) is 2.68. The number of nitrogens with one attached hydrogen (secondary N) is 1. The van der Waals surface area contributed by atoms with Gasteiger partial charge in [-0.05, 0) is 18.6 Å². The van der Waals surface area contributed by atoms with Crippen LogP contribution in [0.15, 0.2) is 53.5 Å². The van der Waals surface area contributed by atoms with Crippen LogP contribution in [-0.2, 0) is 6.54 Å². The summed E-state index contributed by atoms with van der Waals surface area (Å²) in [6.45, 7) is 0.696. The topological polar surface area (TPSA) is 46.9 Å². The Morgan fingerprint density at radius 2 is 2.00 bits per heavy atom. The van der Waals surface area contributed by atoms with Gasteiger partial charge in [-0.2, -0.15) is 0 Å². The molecule has 0 spiro atoms. The van der Waals surface area contributed by atoms with Crippen molar-refractivity contribution in [2.24, 2.45) is 0 Å². The Bertz CT molecular complexity index is 644. The first-order chi connectivity index (χ1) is 8.84. The number of para-hydroxylation sites is 1. The summed E-state index contributed by atoms with van der Waals surface area (Å²) in [5.74, 6) is 0.706. The highest BCUT2D eigenvalue weighted by molar-refractivity contribution is 5.73. The molecule has 1 aliphatic heterocycles. The van der Waals surface area contributed by atoms with E-state index in [1.807, 2.05) is 30.3 Å². The van der Waals surface area contributed by atoms with Gasteiger partial charge in [-0.1, -0.05) is 24.3 Å². The molecule has 4 nitrogen and oxygen atoms in total. The summed E-state index contributed by atoms with van der Waals surface area (Å²) in [7, 11) is 0. The van der Waals surface area contributed by atoms with E-state index in [-0.39, 0.29) is 5.56 Å². The molecule has 2 heterocycles. The number of hydrogen-bond donors (Lipinski definition) is 1. The van der Waals surface area contributed by atoms with E-state index < -0.39 is 0 Å². The molecule has 1 aromatic heterocycles. The number of allylic oxidation sites excluding steroid dienone is 1. The minimum Gasteiger partial charge on any atom is -0.353 e. The van der Waals surface area contributed by atoms with Crippen LogP contribution in [0.1, 0.15) is 12.2 Å². The second kappa shape index (κ2) is 4.49. The van der Waals surface area contributed by atoms with Crippen molar-refractivity contribution >= 4 is 11.4 Å². The third-order valence-corrected chi connectivity index (χ3v) is 2.93. The molecule has 0 unspecified atom stereocenters. The van der Waals surface area contributed by atoms with Crippen LogP contribution in [0.25, 0.3) is 5.70 Å². The molecule has 2 aromatic rings. The lowest BCUT2D eigenvalue weighted by Gasteiger charge is -2.19. The molecule has 0 bridgehead atoms. The minimum absolute atomic E-state index is 0.000427. The van der Waals surface area contributed by atoms with Crippen LogP contribution < -0.4 is 10.9 Å². The highest BCUT2D eigenvalue weighted by Crippen LogP contribution is 2.19. The molecular formula is C14H13N3O. The number of anilines is 1.